The number of hydrogen-bond donors (Lipinski definition) is 1. The highest BCUT2D eigenvalue weighted by Gasteiger charge is 2.26. The minimum atomic E-state index is -0.172. The van der Waals surface area contributed by atoms with Crippen molar-refractivity contribution in [2.24, 2.45) is 0 Å². The number of imidazole rings is 1. The number of H-pyrrole nitrogens is 1. The zero-order valence-electron chi connectivity index (χ0n) is 13.7. The van der Waals surface area contributed by atoms with Crippen LogP contribution in [0.25, 0.3) is 5.69 Å². The predicted molar refractivity (Wildman–Crippen MR) is 89.1 cm³/mol. The van der Waals surface area contributed by atoms with Crippen LogP contribution >= 0.6 is 0 Å². The summed E-state index contributed by atoms with van der Waals surface area (Å²) in [7, 11) is 2.07. The Kier molecular flexibility index (Phi) is 4.09. The lowest BCUT2D eigenvalue weighted by Gasteiger charge is -2.38. The van der Waals surface area contributed by atoms with E-state index in [-0.39, 0.29) is 17.6 Å². The molecule has 1 atom stereocenters. The summed E-state index contributed by atoms with van der Waals surface area (Å²) in [6, 6.07) is 7.42. The molecule has 1 aromatic carbocycles. The first-order valence-corrected chi connectivity index (χ1v) is 7.84. The lowest BCUT2D eigenvalue weighted by atomic mass is 10.1. The summed E-state index contributed by atoms with van der Waals surface area (Å²) in [4.78, 5) is 31.3. The highest BCUT2D eigenvalue weighted by molar-refractivity contribution is 5.94. The zero-order chi connectivity index (χ0) is 16.6. The van der Waals surface area contributed by atoms with Crippen molar-refractivity contribution >= 4 is 5.91 Å². The number of benzene rings is 1. The average molecular weight is 314 g/mol. The molecule has 1 aliphatic heterocycles. The van der Waals surface area contributed by atoms with Crippen LogP contribution in [0.15, 0.2) is 35.3 Å². The predicted octanol–water partition coefficient (Wildman–Crippen LogP) is 1.25. The van der Waals surface area contributed by atoms with Crippen LogP contribution in [0.3, 0.4) is 0 Å². The monoisotopic (exact) mass is 314 g/mol. The number of aromatic amines is 1. The molecule has 0 aliphatic carbocycles. The third-order valence-corrected chi connectivity index (χ3v) is 4.42. The smallest absolute Gasteiger partial charge is 0.330 e. The zero-order valence-corrected chi connectivity index (χ0v) is 13.7. The van der Waals surface area contributed by atoms with Gasteiger partial charge in [0.15, 0.2) is 0 Å². The van der Waals surface area contributed by atoms with Gasteiger partial charge >= 0.3 is 5.69 Å². The van der Waals surface area contributed by atoms with Crippen molar-refractivity contribution < 1.29 is 4.79 Å². The second-order valence-electron chi connectivity index (χ2n) is 6.23. The van der Waals surface area contributed by atoms with E-state index in [1.807, 2.05) is 24.0 Å². The van der Waals surface area contributed by atoms with Crippen molar-refractivity contribution in [2.45, 2.75) is 19.9 Å². The molecule has 2 heterocycles. The molecule has 23 heavy (non-hydrogen) atoms. The summed E-state index contributed by atoms with van der Waals surface area (Å²) in [6.45, 7) is 6.47. The fraction of sp³-hybridized carbons (Fsp3) is 0.412. The number of carbonyl (C=O) groups is 1. The van der Waals surface area contributed by atoms with Crippen LogP contribution in [0, 0.1) is 6.92 Å². The molecule has 6 nitrogen and oxygen atoms in total. The van der Waals surface area contributed by atoms with Crippen molar-refractivity contribution in [3.05, 3.63) is 52.2 Å². The van der Waals surface area contributed by atoms with E-state index in [1.165, 1.54) is 0 Å². The van der Waals surface area contributed by atoms with E-state index in [9.17, 15) is 9.59 Å². The van der Waals surface area contributed by atoms with E-state index < -0.39 is 0 Å². The summed E-state index contributed by atoms with van der Waals surface area (Å²) < 4.78 is 1.59. The topological polar surface area (TPSA) is 61.3 Å². The fourth-order valence-corrected chi connectivity index (χ4v) is 3.14. The molecule has 1 unspecified atom stereocenters. The Morgan fingerprint density at radius 1 is 1.22 bits per heavy atom. The van der Waals surface area contributed by atoms with Crippen molar-refractivity contribution in [1.82, 2.24) is 19.4 Å². The Hall–Kier alpha value is -2.34. The maximum absolute atomic E-state index is 12.7. The van der Waals surface area contributed by atoms with Gasteiger partial charge in [-0.25, -0.2) is 4.79 Å². The van der Waals surface area contributed by atoms with Crippen LogP contribution in [0.5, 0.6) is 0 Å². The van der Waals surface area contributed by atoms with E-state index in [1.54, 1.807) is 22.9 Å². The van der Waals surface area contributed by atoms with Crippen LogP contribution < -0.4 is 5.69 Å². The molecule has 6 heteroatoms. The average Bonchev–Trinajstić information content (AvgIpc) is 2.86. The number of piperazine rings is 1. The number of aromatic nitrogens is 2. The first kappa shape index (κ1) is 15.6. The number of carbonyl (C=O) groups excluding carboxylic acids is 1. The molecule has 3 rings (SSSR count). The van der Waals surface area contributed by atoms with Crippen molar-refractivity contribution in [3.63, 3.8) is 0 Å². The summed E-state index contributed by atoms with van der Waals surface area (Å²) in [5.41, 5.74) is 2.08. The lowest BCUT2D eigenvalue weighted by molar-refractivity contribution is 0.0533. The van der Waals surface area contributed by atoms with Crippen molar-refractivity contribution in [1.29, 1.82) is 0 Å². The van der Waals surface area contributed by atoms with E-state index >= 15 is 0 Å². The molecule has 1 aliphatic rings. The Balaban J connectivity index is 1.82. The molecular formula is C17H22N4O2. The Labute approximate surface area is 135 Å². The molecule has 0 spiro atoms. The molecule has 1 aromatic heterocycles. The van der Waals surface area contributed by atoms with E-state index in [0.29, 0.717) is 5.56 Å². The Bertz CT molecular complexity index is 760. The van der Waals surface area contributed by atoms with Crippen LogP contribution in [0.2, 0.25) is 0 Å². The van der Waals surface area contributed by atoms with Crippen molar-refractivity contribution in [2.75, 3.05) is 26.7 Å². The number of rotatable bonds is 2. The van der Waals surface area contributed by atoms with Gasteiger partial charge in [0.1, 0.15) is 0 Å². The third-order valence-electron chi connectivity index (χ3n) is 4.42. The summed E-state index contributed by atoms with van der Waals surface area (Å²) in [6.07, 6.45) is 1.67. The van der Waals surface area contributed by atoms with Gasteiger partial charge in [0.05, 0.1) is 5.69 Å². The number of likely N-dealkylation sites (N-methyl/N-ethyl adjacent to an activating group) is 1. The van der Waals surface area contributed by atoms with Crippen LogP contribution in [0.1, 0.15) is 23.0 Å². The molecule has 1 amide bonds. The number of nitrogens with one attached hydrogen (secondary N) is 1. The number of aryl methyl sites for hydroxylation is 1. The minimum Gasteiger partial charge on any atom is -0.333 e. The molecule has 2 aromatic rings. The Morgan fingerprint density at radius 2 is 1.91 bits per heavy atom. The van der Waals surface area contributed by atoms with Crippen LogP contribution in [0.4, 0.5) is 0 Å². The normalized spacial score (nSPS) is 19.1. The van der Waals surface area contributed by atoms with Crippen LogP contribution in [-0.2, 0) is 0 Å². The standard InChI is InChI=1S/C17H22N4O2/c1-12-10-18-17(23)21(12)15-6-4-14(5-7-15)16(22)20-9-8-19(3)11-13(20)2/h4-7,10,13H,8-9,11H2,1-3H3,(H,18,23). The summed E-state index contributed by atoms with van der Waals surface area (Å²) >= 11 is 0. The lowest BCUT2D eigenvalue weighted by Crippen LogP contribution is -2.52. The van der Waals surface area contributed by atoms with Gasteiger partial charge in [-0.15, -0.1) is 0 Å². The fourth-order valence-electron chi connectivity index (χ4n) is 3.14. The van der Waals surface area contributed by atoms with Gasteiger partial charge in [0, 0.05) is 43.1 Å². The van der Waals surface area contributed by atoms with Gasteiger partial charge < -0.3 is 14.8 Å². The van der Waals surface area contributed by atoms with Gasteiger partial charge in [0.2, 0.25) is 0 Å². The van der Waals surface area contributed by atoms with Gasteiger partial charge in [-0.2, -0.15) is 0 Å². The second-order valence-corrected chi connectivity index (χ2v) is 6.23. The number of nitrogens with zero attached hydrogens (tertiary/aromatic N) is 3. The van der Waals surface area contributed by atoms with Crippen LogP contribution in [-0.4, -0.2) is 58.0 Å². The maximum Gasteiger partial charge on any atom is 0.330 e. The Morgan fingerprint density at radius 3 is 2.48 bits per heavy atom. The van der Waals surface area contributed by atoms with Crippen molar-refractivity contribution in [3.8, 4) is 5.69 Å². The van der Waals surface area contributed by atoms with Gasteiger partial charge in [-0.3, -0.25) is 9.36 Å². The summed E-state index contributed by atoms with van der Waals surface area (Å²) in [5, 5.41) is 0. The number of hydrogen-bond acceptors (Lipinski definition) is 3. The van der Waals surface area contributed by atoms with Gasteiger partial charge in [-0.1, -0.05) is 0 Å². The van der Waals surface area contributed by atoms with Gasteiger partial charge in [-0.05, 0) is 45.2 Å². The third kappa shape index (κ3) is 2.94. The van der Waals surface area contributed by atoms with E-state index in [4.69, 9.17) is 0 Å². The van der Waals surface area contributed by atoms with E-state index in [2.05, 4.69) is 23.9 Å². The molecule has 0 radical (unpaired) electrons. The molecule has 1 saturated heterocycles. The quantitative estimate of drug-likeness (QED) is 0.907. The molecular weight excluding hydrogens is 292 g/mol. The first-order chi connectivity index (χ1) is 11.0. The molecule has 1 fully saturated rings. The van der Waals surface area contributed by atoms with Gasteiger partial charge in [0.25, 0.3) is 5.91 Å². The minimum absolute atomic E-state index is 0.0512. The first-order valence-electron chi connectivity index (χ1n) is 7.84. The molecule has 0 saturated carbocycles. The summed E-state index contributed by atoms with van der Waals surface area (Å²) in [5.74, 6) is 0.0512. The largest absolute Gasteiger partial charge is 0.333 e. The molecule has 0 bridgehead atoms. The highest BCUT2D eigenvalue weighted by atomic mass is 16.2. The highest BCUT2D eigenvalue weighted by Crippen LogP contribution is 2.15. The maximum atomic E-state index is 12.7. The number of amides is 1. The van der Waals surface area contributed by atoms with E-state index in [0.717, 1.165) is 31.0 Å². The second kappa shape index (κ2) is 6.04. The molecule has 122 valence electrons. The SMILES string of the molecule is Cc1c[nH]c(=O)n1-c1ccc(C(=O)N2CCN(C)CC2C)cc1. The molecule has 1 N–H and O–H groups in total.